The second-order valence-electron chi connectivity index (χ2n) is 11.3. The van der Waals surface area contributed by atoms with E-state index in [1.165, 1.54) is 48.5 Å². The third-order valence-electron chi connectivity index (χ3n) is 8.44. The molecule has 17 heteroatoms. The van der Waals surface area contributed by atoms with Gasteiger partial charge in [-0.3, -0.25) is 4.79 Å². The fourth-order valence-electron chi connectivity index (χ4n) is 5.81. The summed E-state index contributed by atoms with van der Waals surface area (Å²) in [4.78, 5) is 14.1. The predicted octanol–water partition coefficient (Wildman–Crippen LogP) is -0.466. The summed E-state index contributed by atoms with van der Waals surface area (Å²) in [5, 5.41) is 62.3. The van der Waals surface area contributed by atoms with E-state index in [9.17, 15) is 35.4 Å². The fourth-order valence-corrected chi connectivity index (χ4v) is 5.81. The molecule has 10 atom stereocenters. The quantitative estimate of drug-likeness (QED) is 0.149. The van der Waals surface area contributed by atoms with E-state index in [0.717, 1.165) is 0 Å². The number of aliphatic hydroxyl groups excluding tert-OH is 6. The van der Waals surface area contributed by atoms with Crippen molar-refractivity contribution in [2.75, 3.05) is 42.2 Å². The number of methoxy groups -OCH3 is 5. The molecule has 0 amide bonds. The first-order valence-electron chi connectivity index (χ1n) is 15.1. The molecule has 3 aromatic rings. The largest absolute Gasteiger partial charge is 0.493 e. The molecule has 0 aliphatic carbocycles. The minimum atomic E-state index is -1.84. The van der Waals surface area contributed by atoms with Gasteiger partial charge >= 0.3 is 0 Å². The van der Waals surface area contributed by atoms with E-state index in [2.05, 4.69) is 0 Å². The van der Waals surface area contributed by atoms with Crippen LogP contribution in [0.2, 0.25) is 0 Å². The first kappa shape index (κ1) is 36.4. The van der Waals surface area contributed by atoms with Gasteiger partial charge in [-0.15, -0.1) is 0 Å². The SMILES string of the molecule is COc1ccc(-c2oc3cc(OC)c(OC)c(OC4O[C@@H](C)C(O[C@@H]5O[C@H](CO)[C@@H](O)[C@H](O)[C@H]5O)[C@@H](O)[C@H]4O)c3c(=O)c2OC)cc1OC. The minimum absolute atomic E-state index is 0.0223. The average Bonchev–Trinajstić information content (AvgIpc) is 3.11. The summed E-state index contributed by atoms with van der Waals surface area (Å²) in [5.74, 6) is 0.401. The van der Waals surface area contributed by atoms with Gasteiger partial charge in [0, 0.05) is 11.6 Å². The summed E-state index contributed by atoms with van der Waals surface area (Å²) < 4.78 is 56.5. The van der Waals surface area contributed by atoms with Gasteiger partial charge < -0.3 is 77.7 Å². The summed E-state index contributed by atoms with van der Waals surface area (Å²) >= 11 is 0. The summed E-state index contributed by atoms with van der Waals surface area (Å²) in [5.41, 5.74) is -0.294. The Hall–Kier alpha value is -3.91. The van der Waals surface area contributed by atoms with E-state index in [-0.39, 0.29) is 39.7 Å². The van der Waals surface area contributed by atoms with E-state index < -0.39 is 73.4 Å². The van der Waals surface area contributed by atoms with Crippen LogP contribution >= 0.6 is 0 Å². The van der Waals surface area contributed by atoms with Gasteiger partial charge in [0.1, 0.15) is 53.7 Å². The lowest BCUT2D eigenvalue weighted by atomic mass is 9.97. The van der Waals surface area contributed by atoms with Crippen LogP contribution in [0.4, 0.5) is 0 Å². The van der Waals surface area contributed by atoms with Crippen LogP contribution in [0.3, 0.4) is 0 Å². The van der Waals surface area contributed by atoms with E-state index in [0.29, 0.717) is 17.1 Å². The van der Waals surface area contributed by atoms with Crippen molar-refractivity contribution in [1.29, 1.82) is 0 Å². The smallest absolute Gasteiger partial charge is 0.239 e. The molecule has 0 saturated carbocycles. The third-order valence-corrected chi connectivity index (χ3v) is 8.44. The highest BCUT2D eigenvalue weighted by Crippen LogP contribution is 2.46. The number of fused-ring (bicyclic) bond motifs is 1. The Morgan fingerprint density at radius 3 is 1.96 bits per heavy atom. The zero-order chi connectivity index (χ0) is 35.7. The molecule has 3 heterocycles. The van der Waals surface area contributed by atoms with Crippen molar-refractivity contribution in [1.82, 2.24) is 0 Å². The molecular formula is C32H40O17. The zero-order valence-electron chi connectivity index (χ0n) is 27.5. The van der Waals surface area contributed by atoms with Crippen molar-refractivity contribution in [3.63, 3.8) is 0 Å². The standard InChI is InChI=1S/C32H40O17/c1-12-26(48-32-24(38)22(36)20(34)18(11-33)47-32)23(37)25(39)31(45-12)49-29-19-16(10-17(42-4)28(29)43-5)46-27(30(44-6)21(19)35)13-7-8-14(40-2)15(9-13)41-3/h7-10,12,18,20,22-26,31-34,36-39H,11H2,1-6H3/t12-,18+,20+,22-,23-,24+,25+,26?,31?,32-/m0/s1. The first-order valence-corrected chi connectivity index (χ1v) is 15.1. The molecule has 2 aliphatic rings. The monoisotopic (exact) mass is 696 g/mol. The van der Waals surface area contributed by atoms with E-state index in [1.54, 1.807) is 18.2 Å². The molecule has 0 bridgehead atoms. The Balaban J connectivity index is 1.52. The summed E-state index contributed by atoms with van der Waals surface area (Å²) in [7, 11) is 6.87. The number of rotatable bonds is 11. The Kier molecular flexibility index (Phi) is 11.1. The average molecular weight is 697 g/mol. The van der Waals surface area contributed by atoms with Gasteiger partial charge in [0.2, 0.25) is 23.2 Å². The van der Waals surface area contributed by atoms with Crippen LogP contribution in [0.1, 0.15) is 6.92 Å². The molecule has 2 unspecified atom stereocenters. The molecule has 49 heavy (non-hydrogen) atoms. The molecule has 2 aliphatic heterocycles. The second kappa shape index (κ2) is 14.9. The Morgan fingerprint density at radius 2 is 1.35 bits per heavy atom. The zero-order valence-corrected chi connectivity index (χ0v) is 27.5. The topological polar surface area (TPSA) is 235 Å². The van der Waals surface area contributed by atoms with Crippen molar-refractivity contribution in [2.24, 2.45) is 0 Å². The van der Waals surface area contributed by atoms with Gasteiger partial charge in [-0.2, -0.15) is 0 Å². The summed E-state index contributed by atoms with van der Waals surface area (Å²) in [6, 6.07) is 6.28. The van der Waals surface area contributed by atoms with E-state index >= 15 is 0 Å². The molecule has 0 spiro atoms. The van der Waals surface area contributed by atoms with Gasteiger partial charge in [0.05, 0.1) is 48.3 Å². The highest BCUT2D eigenvalue weighted by atomic mass is 16.7. The lowest BCUT2D eigenvalue weighted by Crippen LogP contribution is -2.64. The van der Waals surface area contributed by atoms with Gasteiger partial charge in [-0.25, -0.2) is 0 Å². The van der Waals surface area contributed by atoms with Crippen molar-refractivity contribution in [3.8, 4) is 45.8 Å². The molecule has 2 aromatic carbocycles. The van der Waals surface area contributed by atoms with Crippen LogP contribution in [0.25, 0.3) is 22.3 Å². The van der Waals surface area contributed by atoms with Crippen LogP contribution in [0, 0.1) is 0 Å². The number of hydrogen-bond donors (Lipinski definition) is 6. The van der Waals surface area contributed by atoms with Crippen molar-refractivity contribution < 1.29 is 77.7 Å². The van der Waals surface area contributed by atoms with Crippen LogP contribution in [-0.4, -0.2) is 134 Å². The van der Waals surface area contributed by atoms with Crippen LogP contribution in [0.5, 0.6) is 34.5 Å². The molecular weight excluding hydrogens is 656 g/mol. The number of aliphatic hydroxyl groups is 6. The Morgan fingerprint density at radius 1 is 0.694 bits per heavy atom. The van der Waals surface area contributed by atoms with Crippen molar-refractivity contribution in [3.05, 3.63) is 34.5 Å². The summed E-state index contributed by atoms with van der Waals surface area (Å²) in [6.45, 7) is 0.765. The van der Waals surface area contributed by atoms with E-state index in [4.69, 9.17) is 47.0 Å². The van der Waals surface area contributed by atoms with Crippen LogP contribution in [0.15, 0.2) is 33.5 Å². The van der Waals surface area contributed by atoms with Crippen molar-refractivity contribution >= 4 is 11.0 Å². The van der Waals surface area contributed by atoms with Gasteiger partial charge in [-0.1, -0.05) is 0 Å². The third kappa shape index (κ3) is 6.56. The maximum absolute atomic E-state index is 14.1. The molecule has 5 rings (SSSR count). The lowest BCUT2D eigenvalue weighted by Gasteiger charge is -2.45. The maximum atomic E-state index is 14.1. The highest BCUT2D eigenvalue weighted by Gasteiger charge is 2.50. The number of ether oxygens (including phenoxy) is 9. The van der Waals surface area contributed by atoms with Crippen LogP contribution < -0.4 is 33.8 Å². The second-order valence-corrected chi connectivity index (χ2v) is 11.3. The Labute approximate surface area is 279 Å². The lowest BCUT2D eigenvalue weighted by molar-refractivity contribution is -0.348. The molecule has 0 radical (unpaired) electrons. The molecule has 2 fully saturated rings. The van der Waals surface area contributed by atoms with Crippen molar-refractivity contribution in [2.45, 2.75) is 68.3 Å². The Bertz CT molecular complexity index is 1670. The predicted molar refractivity (Wildman–Crippen MR) is 166 cm³/mol. The van der Waals surface area contributed by atoms with E-state index in [1.807, 2.05) is 0 Å². The fraction of sp³-hybridized carbons (Fsp3) is 0.531. The normalized spacial score (nSPS) is 30.1. The molecule has 6 N–H and O–H groups in total. The molecule has 1 aromatic heterocycles. The highest BCUT2D eigenvalue weighted by molar-refractivity contribution is 5.92. The van der Waals surface area contributed by atoms with Crippen LogP contribution in [-0.2, 0) is 14.2 Å². The van der Waals surface area contributed by atoms with Gasteiger partial charge in [-0.05, 0) is 25.1 Å². The van der Waals surface area contributed by atoms with Gasteiger partial charge in [0.25, 0.3) is 0 Å². The first-order chi connectivity index (χ1) is 23.4. The number of benzene rings is 2. The van der Waals surface area contributed by atoms with Gasteiger partial charge in [0.15, 0.2) is 35.0 Å². The molecule has 270 valence electrons. The number of hydrogen-bond acceptors (Lipinski definition) is 17. The minimum Gasteiger partial charge on any atom is -0.493 e. The molecule has 2 saturated heterocycles. The molecule has 17 nitrogen and oxygen atoms in total. The maximum Gasteiger partial charge on any atom is 0.239 e. The summed E-state index contributed by atoms with van der Waals surface area (Å²) in [6.07, 6.45) is -15.7.